The molecule has 1 aliphatic heterocycles. The molecule has 0 amide bonds. The van der Waals surface area contributed by atoms with Gasteiger partial charge in [0.25, 0.3) is 0 Å². The van der Waals surface area contributed by atoms with E-state index in [0.29, 0.717) is 17.5 Å². The van der Waals surface area contributed by atoms with Crippen LogP contribution in [-0.4, -0.2) is 34.3 Å². The van der Waals surface area contributed by atoms with Gasteiger partial charge in [0.15, 0.2) is 16.1 Å². The molecule has 0 aliphatic carbocycles. The van der Waals surface area contributed by atoms with Crippen LogP contribution >= 0.6 is 35.4 Å². The van der Waals surface area contributed by atoms with Crippen molar-refractivity contribution in [2.24, 2.45) is 0 Å². The molecule has 0 radical (unpaired) electrons. The molecule has 1 atom stereocenters. The molecule has 1 fully saturated rings. The molecular formula is C10H12Cl2N4OS. The molecule has 1 aromatic heterocycles. The monoisotopic (exact) mass is 306 g/mol. The summed E-state index contributed by atoms with van der Waals surface area (Å²) in [6.07, 6.45) is 3.77. The minimum absolute atomic E-state index is 0.184. The Kier molecular flexibility index (Phi) is 4.94. The molecule has 0 spiro atoms. The van der Waals surface area contributed by atoms with E-state index < -0.39 is 0 Å². The molecule has 0 aromatic carbocycles. The molecule has 2 rings (SSSR count). The lowest BCUT2D eigenvalue weighted by molar-refractivity contribution is 0.114. The van der Waals surface area contributed by atoms with Gasteiger partial charge in [0.2, 0.25) is 0 Å². The fraction of sp³-hybridized carbons (Fsp3) is 0.500. The van der Waals surface area contributed by atoms with Crippen LogP contribution in [0.15, 0.2) is 6.20 Å². The minimum atomic E-state index is 0.184. The summed E-state index contributed by atoms with van der Waals surface area (Å²) in [7, 11) is 0. The van der Waals surface area contributed by atoms with Gasteiger partial charge in [-0.1, -0.05) is 23.2 Å². The van der Waals surface area contributed by atoms with Crippen LogP contribution in [0, 0.1) is 0 Å². The van der Waals surface area contributed by atoms with Gasteiger partial charge in [-0.25, -0.2) is 9.97 Å². The number of ether oxygens (including phenoxy) is 1. The highest BCUT2D eigenvalue weighted by molar-refractivity contribution is 7.80. The highest BCUT2D eigenvalue weighted by atomic mass is 35.5. The number of aromatic nitrogens is 2. The molecular weight excluding hydrogens is 295 g/mol. The van der Waals surface area contributed by atoms with Crippen LogP contribution < -0.4 is 10.6 Å². The van der Waals surface area contributed by atoms with Gasteiger partial charge in [-0.3, -0.25) is 0 Å². The average molecular weight is 307 g/mol. The van der Waals surface area contributed by atoms with Gasteiger partial charge in [-0.05, 0) is 25.1 Å². The molecule has 1 saturated heterocycles. The molecule has 0 saturated carbocycles. The number of thiocarbonyl (C=S) groups is 1. The van der Waals surface area contributed by atoms with Crippen molar-refractivity contribution < 1.29 is 4.74 Å². The standard InChI is InChI=1S/C10H12Cl2N4OS/c11-7-5-13-9(8(12)15-7)16-10(18)14-4-6-2-1-3-17-6/h5-6H,1-4H2,(H2,13,14,16,18). The van der Waals surface area contributed by atoms with E-state index in [-0.39, 0.29) is 16.4 Å². The lowest BCUT2D eigenvalue weighted by Crippen LogP contribution is -2.35. The van der Waals surface area contributed by atoms with Crippen LogP contribution in [0.5, 0.6) is 0 Å². The maximum Gasteiger partial charge on any atom is 0.173 e. The highest BCUT2D eigenvalue weighted by Crippen LogP contribution is 2.18. The van der Waals surface area contributed by atoms with E-state index in [1.165, 1.54) is 6.20 Å². The third-order valence-corrected chi connectivity index (χ3v) is 3.14. The fourth-order valence-corrected chi connectivity index (χ4v) is 2.14. The van der Waals surface area contributed by atoms with Gasteiger partial charge >= 0.3 is 0 Å². The number of hydrogen-bond donors (Lipinski definition) is 2. The summed E-state index contributed by atoms with van der Waals surface area (Å²) >= 11 is 16.6. The van der Waals surface area contributed by atoms with Crippen molar-refractivity contribution in [3.05, 3.63) is 16.5 Å². The van der Waals surface area contributed by atoms with E-state index in [9.17, 15) is 0 Å². The summed E-state index contributed by atoms with van der Waals surface area (Å²) < 4.78 is 5.47. The first-order valence-electron chi connectivity index (χ1n) is 5.49. The maximum absolute atomic E-state index is 5.87. The van der Waals surface area contributed by atoms with Gasteiger partial charge in [0.05, 0.1) is 12.3 Å². The minimum Gasteiger partial charge on any atom is -0.376 e. The second-order valence-corrected chi connectivity index (χ2v) is 4.96. The zero-order chi connectivity index (χ0) is 13.0. The summed E-state index contributed by atoms with van der Waals surface area (Å²) in [6.45, 7) is 1.49. The number of rotatable bonds is 3. The molecule has 1 unspecified atom stereocenters. The maximum atomic E-state index is 5.87. The van der Waals surface area contributed by atoms with Crippen LogP contribution in [0.3, 0.4) is 0 Å². The van der Waals surface area contributed by atoms with Crippen molar-refractivity contribution in [3.63, 3.8) is 0 Å². The first-order chi connectivity index (χ1) is 8.65. The van der Waals surface area contributed by atoms with Crippen LogP contribution in [-0.2, 0) is 4.74 Å². The second-order valence-electron chi connectivity index (χ2n) is 3.80. The first kappa shape index (κ1) is 13.7. The van der Waals surface area contributed by atoms with Crippen molar-refractivity contribution in [2.45, 2.75) is 18.9 Å². The van der Waals surface area contributed by atoms with E-state index in [4.69, 9.17) is 40.2 Å². The molecule has 5 nitrogen and oxygen atoms in total. The predicted octanol–water partition coefficient (Wildman–Crippen LogP) is 2.25. The number of anilines is 1. The largest absolute Gasteiger partial charge is 0.376 e. The quantitative estimate of drug-likeness (QED) is 0.835. The third-order valence-electron chi connectivity index (χ3n) is 2.45. The van der Waals surface area contributed by atoms with E-state index >= 15 is 0 Å². The summed E-state index contributed by atoms with van der Waals surface area (Å²) in [5.41, 5.74) is 0. The van der Waals surface area contributed by atoms with Crippen molar-refractivity contribution in [3.8, 4) is 0 Å². The van der Waals surface area contributed by atoms with Gasteiger partial charge in [-0.15, -0.1) is 0 Å². The first-order valence-corrected chi connectivity index (χ1v) is 6.66. The fourth-order valence-electron chi connectivity index (χ4n) is 1.59. The number of nitrogens with one attached hydrogen (secondary N) is 2. The van der Waals surface area contributed by atoms with Crippen LogP contribution in [0.25, 0.3) is 0 Å². The molecule has 2 N–H and O–H groups in total. The molecule has 18 heavy (non-hydrogen) atoms. The van der Waals surface area contributed by atoms with Crippen molar-refractivity contribution >= 4 is 46.4 Å². The van der Waals surface area contributed by atoms with Gasteiger partial charge in [0, 0.05) is 13.2 Å². The number of nitrogens with zero attached hydrogens (tertiary/aromatic N) is 2. The average Bonchev–Trinajstić information content (AvgIpc) is 2.83. The summed E-state index contributed by atoms with van der Waals surface area (Å²) in [5, 5.41) is 6.77. The lowest BCUT2D eigenvalue weighted by atomic mass is 10.2. The molecule has 8 heteroatoms. The highest BCUT2D eigenvalue weighted by Gasteiger charge is 2.15. The Balaban J connectivity index is 1.82. The zero-order valence-electron chi connectivity index (χ0n) is 9.45. The Hall–Kier alpha value is -0.690. The summed E-state index contributed by atoms with van der Waals surface area (Å²) in [6, 6.07) is 0. The van der Waals surface area contributed by atoms with Gasteiger partial charge in [0.1, 0.15) is 5.15 Å². The molecule has 98 valence electrons. The van der Waals surface area contributed by atoms with Crippen molar-refractivity contribution in [2.75, 3.05) is 18.5 Å². The summed E-state index contributed by atoms with van der Waals surface area (Å²) in [5.74, 6) is 0.380. The molecule has 1 aliphatic rings. The Bertz CT molecular complexity index is 440. The predicted molar refractivity (Wildman–Crippen MR) is 75.2 cm³/mol. The topological polar surface area (TPSA) is 59.1 Å². The van der Waals surface area contributed by atoms with E-state index in [1.807, 2.05) is 0 Å². The Morgan fingerprint density at radius 2 is 2.39 bits per heavy atom. The van der Waals surface area contributed by atoms with E-state index in [1.54, 1.807) is 0 Å². The van der Waals surface area contributed by atoms with Crippen LogP contribution in [0.4, 0.5) is 5.82 Å². The molecule has 0 bridgehead atoms. The van der Waals surface area contributed by atoms with Crippen LogP contribution in [0.2, 0.25) is 10.3 Å². The van der Waals surface area contributed by atoms with Crippen LogP contribution in [0.1, 0.15) is 12.8 Å². The number of hydrogen-bond acceptors (Lipinski definition) is 4. The molecule has 2 heterocycles. The Morgan fingerprint density at radius 1 is 1.56 bits per heavy atom. The van der Waals surface area contributed by atoms with Gasteiger partial charge < -0.3 is 15.4 Å². The Labute approximate surface area is 120 Å². The summed E-state index contributed by atoms with van der Waals surface area (Å²) in [4.78, 5) is 7.86. The zero-order valence-corrected chi connectivity index (χ0v) is 11.8. The van der Waals surface area contributed by atoms with E-state index in [0.717, 1.165) is 19.4 Å². The van der Waals surface area contributed by atoms with Crippen molar-refractivity contribution in [1.29, 1.82) is 0 Å². The van der Waals surface area contributed by atoms with Gasteiger partial charge in [-0.2, -0.15) is 0 Å². The van der Waals surface area contributed by atoms with Crippen molar-refractivity contribution in [1.82, 2.24) is 15.3 Å². The Morgan fingerprint density at radius 3 is 3.06 bits per heavy atom. The smallest absolute Gasteiger partial charge is 0.173 e. The number of halogens is 2. The third kappa shape index (κ3) is 3.91. The lowest BCUT2D eigenvalue weighted by Gasteiger charge is -2.13. The normalized spacial score (nSPS) is 18.7. The SMILES string of the molecule is S=C(NCC1CCCO1)Nc1ncc(Cl)nc1Cl. The van der Waals surface area contributed by atoms with E-state index in [2.05, 4.69) is 20.6 Å². The second kappa shape index (κ2) is 6.47. The molecule has 1 aromatic rings.